The van der Waals surface area contributed by atoms with Gasteiger partial charge in [0.1, 0.15) is 12.1 Å². The van der Waals surface area contributed by atoms with Crippen molar-refractivity contribution in [2.75, 3.05) is 6.54 Å². The number of aliphatic hydroxyl groups excluding tert-OH is 1. The van der Waals surface area contributed by atoms with E-state index in [2.05, 4.69) is 11.4 Å². The minimum atomic E-state index is -0.822. The lowest BCUT2D eigenvalue weighted by Crippen LogP contribution is -2.55. The van der Waals surface area contributed by atoms with Crippen molar-refractivity contribution in [3.63, 3.8) is 0 Å². The number of nitrogens with zero attached hydrogens (tertiary/aromatic N) is 3. The van der Waals surface area contributed by atoms with Crippen molar-refractivity contribution < 1.29 is 19.5 Å². The summed E-state index contributed by atoms with van der Waals surface area (Å²) in [7, 11) is 0. The number of carbonyl (C=O) groups is 3. The first-order chi connectivity index (χ1) is 16.7. The molecule has 182 valence electrons. The van der Waals surface area contributed by atoms with Gasteiger partial charge >= 0.3 is 0 Å². The van der Waals surface area contributed by atoms with Crippen LogP contribution in [0.2, 0.25) is 0 Å². The van der Waals surface area contributed by atoms with Gasteiger partial charge in [0.05, 0.1) is 17.7 Å². The zero-order valence-corrected chi connectivity index (χ0v) is 20.2. The molecule has 35 heavy (non-hydrogen) atoms. The molecule has 0 spiro atoms. The zero-order valence-electron chi connectivity index (χ0n) is 20.2. The quantitative estimate of drug-likeness (QED) is 0.666. The van der Waals surface area contributed by atoms with Crippen LogP contribution in [0.25, 0.3) is 0 Å². The summed E-state index contributed by atoms with van der Waals surface area (Å²) < 4.78 is 0. The van der Waals surface area contributed by atoms with E-state index in [1.165, 1.54) is 4.90 Å². The van der Waals surface area contributed by atoms with Crippen molar-refractivity contribution in [3.8, 4) is 6.07 Å². The van der Waals surface area contributed by atoms with Gasteiger partial charge in [-0.25, -0.2) is 0 Å². The first-order valence-electron chi connectivity index (χ1n) is 11.9. The molecule has 2 aliphatic rings. The van der Waals surface area contributed by atoms with E-state index >= 15 is 0 Å². The SMILES string of the molecule is Cc1cc(C#N)ccc1CNC(=O)[C@@H]1C[C@@H](O)CN1C(=O)[C@H](C(C)C)N1Cc2ccccc2C1=O. The van der Waals surface area contributed by atoms with Gasteiger partial charge in [0.25, 0.3) is 5.91 Å². The van der Waals surface area contributed by atoms with E-state index in [4.69, 9.17) is 5.26 Å². The second-order valence-electron chi connectivity index (χ2n) is 9.65. The van der Waals surface area contributed by atoms with Crippen LogP contribution in [0.1, 0.15) is 52.9 Å². The van der Waals surface area contributed by atoms with Gasteiger partial charge in [-0.15, -0.1) is 0 Å². The lowest BCUT2D eigenvalue weighted by atomic mass is 10.00. The smallest absolute Gasteiger partial charge is 0.255 e. The Kier molecular flexibility index (Phi) is 6.90. The maximum atomic E-state index is 13.7. The largest absolute Gasteiger partial charge is 0.391 e. The molecule has 2 N–H and O–H groups in total. The van der Waals surface area contributed by atoms with Crippen LogP contribution in [0, 0.1) is 24.2 Å². The summed E-state index contributed by atoms with van der Waals surface area (Å²) in [5, 5.41) is 22.3. The molecule has 2 aliphatic heterocycles. The Balaban J connectivity index is 1.50. The molecule has 2 aromatic carbocycles. The Bertz CT molecular complexity index is 1200. The van der Waals surface area contributed by atoms with Gasteiger partial charge in [-0.1, -0.05) is 38.1 Å². The van der Waals surface area contributed by atoms with E-state index in [-0.39, 0.29) is 43.1 Å². The number of nitrogens with one attached hydrogen (secondary N) is 1. The summed E-state index contributed by atoms with van der Waals surface area (Å²) in [6, 6.07) is 13.1. The third kappa shape index (κ3) is 4.77. The van der Waals surface area contributed by atoms with Gasteiger partial charge in [-0.05, 0) is 47.7 Å². The monoisotopic (exact) mass is 474 g/mol. The minimum Gasteiger partial charge on any atom is -0.391 e. The number of carbonyl (C=O) groups excluding carboxylic acids is 3. The number of fused-ring (bicyclic) bond motifs is 1. The van der Waals surface area contributed by atoms with Crippen molar-refractivity contribution in [3.05, 3.63) is 70.3 Å². The Morgan fingerprint density at radius 1 is 1.23 bits per heavy atom. The summed E-state index contributed by atoms with van der Waals surface area (Å²) in [4.78, 5) is 43.0. The van der Waals surface area contributed by atoms with E-state index in [1.807, 2.05) is 32.9 Å². The van der Waals surface area contributed by atoms with Crippen LogP contribution in [-0.2, 0) is 22.7 Å². The van der Waals surface area contributed by atoms with Crippen LogP contribution in [0.3, 0.4) is 0 Å². The van der Waals surface area contributed by atoms with E-state index in [0.717, 1.165) is 16.7 Å². The minimum absolute atomic E-state index is 0.0466. The fourth-order valence-electron chi connectivity index (χ4n) is 5.02. The summed E-state index contributed by atoms with van der Waals surface area (Å²) in [5.74, 6) is -1.04. The highest BCUT2D eigenvalue weighted by Crippen LogP contribution is 2.30. The molecular weight excluding hydrogens is 444 g/mol. The van der Waals surface area contributed by atoms with Crippen LogP contribution < -0.4 is 5.32 Å². The molecule has 0 saturated carbocycles. The lowest BCUT2D eigenvalue weighted by Gasteiger charge is -2.35. The molecule has 8 nitrogen and oxygen atoms in total. The Morgan fingerprint density at radius 2 is 1.97 bits per heavy atom. The fourth-order valence-corrected chi connectivity index (χ4v) is 5.02. The van der Waals surface area contributed by atoms with Gasteiger partial charge in [-0.3, -0.25) is 14.4 Å². The maximum absolute atomic E-state index is 13.7. The highest BCUT2D eigenvalue weighted by Gasteiger charge is 2.45. The topological polar surface area (TPSA) is 114 Å². The van der Waals surface area contributed by atoms with Crippen LogP contribution in [-0.4, -0.2) is 57.4 Å². The molecule has 8 heteroatoms. The molecular formula is C27H30N4O4. The van der Waals surface area contributed by atoms with Crippen LogP contribution in [0.4, 0.5) is 0 Å². The zero-order chi connectivity index (χ0) is 25.3. The van der Waals surface area contributed by atoms with E-state index < -0.39 is 18.2 Å². The molecule has 3 amide bonds. The number of likely N-dealkylation sites (tertiary alicyclic amines) is 1. The summed E-state index contributed by atoms with van der Waals surface area (Å²) in [6.07, 6.45) is -0.672. The van der Waals surface area contributed by atoms with Gasteiger partial charge in [-0.2, -0.15) is 5.26 Å². The molecule has 0 unspecified atom stereocenters. The number of β-amino-alcohol motifs (C(OH)–C–C–N with tert-alkyl or cyclic N) is 1. The highest BCUT2D eigenvalue weighted by atomic mass is 16.3. The van der Waals surface area contributed by atoms with Crippen LogP contribution >= 0.6 is 0 Å². The van der Waals surface area contributed by atoms with Crippen molar-refractivity contribution in [1.82, 2.24) is 15.1 Å². The first-order valence-corrected chi connectivity index (χ1v) is 11.9. The maximum Gasteiger partial charge on any atom is 0.255 e. The third-order valence-electron chi connectivity index (χ3n) is 6.86. The van der Waals surface area contributed by atoms with E-state index in [0.29, 0.717) is 17.7 Å². The standard InChI is InChI=1S/C27H30N4O4/c1-16(2)24(31-14-20-6-4-5-7-22(20)26(31)34)27(35)30-15-21(32)11-23(30)25(33)29-13-19-9-8-18(12-28)10-17(19)3/h4-10,16,21,23-24,32H,11,13-15H2,1-3H3,(H,29,33)/t21-,23+,24+/m1/s1. The van der Waals surface area contributed by atoms with Gasteiger partial charge in [0, 0.05) is 31.6 Å². The number of aryl methyl sites for hydroxylation is 1. The van der Waals surface area contributed by atoms with Crippen LogP contribution in [0.15, 0.2) is 42.5 Å². The molecule has 0 aliphatic carbocycles. The lowest BCUT2D eigenvalue weighted by molar-refractivity contribution is -0.143. The van der Waals surface area contributed by atoms with Gasteiger partial charge in [0.2, 0.25) is 11.8 Å². The molecule has 2 heterocycles. The first kappa shape index (κ1) is 24.4. The summed E-state index contributed by atoms with van der Waals surface area (Å²) in [6.45, 7) is 6.27. The van der Waals surface area contributed by atoms with Gasteiger partial charge in [0.15, 0.2) is 0 Å². The second-order valence-corrected chi connectivity index (χ2v) is 9.65. The predicted molar refractivity (Wildman–Crippen MR) is 129 cm³/mol. The Hall–Kier alpha value is -3.70. The molecule has 2 aromatic rings. The molecule has 0 bridgehead atoms. The van der Waals surface area contributed by atoms with Crippen molar-refractivity contribution >= 4 is 17.7 Å². The van der Waals surface area contributed by atoms with E-state index in [9.17, 15) is 19.5 Å². The number of hydrogen-bond acceptors (Lipinski definition) is 5. The number of aliphatic hydroxyl groups is 1. The van der Waals surface area contributed by atoms with Gasteiger partial charge < -0.3 is 20.2 Å². The third-order valence-corrected chi connectivity index (χ3v) is 6.86. The van der Waals surface area contributed by atoms with E-state index in [1.54, 1.807) is 35.2 Å². The predicted octanol–water partition coefficient (Wildman–Crippen LogP) is 2.13. The molecule has 1 saturated heterocycles. The van der Waals surface area contributed by atoms with Crippen molar-refractivity contribution in [2.45, 2.75) is 58.5 Å². The number of benzene rings is 2. The van der Waals surface area contributed by atoms with Crippen molar-refractivity contribution in [1.29, 1.82) is 5.26 Å². The summed E-state index contributed by atoms with van der Waals surface area (Å²) >= 11 is 0. The highest BCUT2D eigenvalue weighted by molar-refractivity contribution is 6.01. The molecule has 4 rings (SSSR count). The molecule has 0 radical (unpaired) electrons. The number of hydrogen-bond donors (Lipinski definition) is 2. The average molecular weight is 475 g/mol. The molecule has 3 atom stereocenters. The van der Waals surface area contributed by atoms with Crippen molar-refractivity contribution in [2.24, 2.45) is 5.92 Å². The van der Waals surface area contributed by atoms with Crippen LogP contribution in [0.5, 0.6) is 0 Å². The fraction of sp³-hybridized carbons (Fsp3) is 0.407. The Morgan fingerprint density at radius 3 is 2.63 bits per heavy atom. The molecule has 1 fully saturated rings. The average Bonchev–Trinajstić information content (AvgIpc) is 3.38. The number of nitriles is 1. The number of amides is 3. The molecule has 0 aromatic heterocycles. The number of rotatable bonds is 6. The Labute approximate surface area is 205 Å². The summed E-state index contributed by atoms with van der Waals surface area (Å²) in [5.41, 5.74) is 3.78. The second kappa shape index (κ2) is 9.88. The normalized spacial score (nSPS) is 20.1.